The first kappa shape index (κ1) is 14.5. The van der Waals surface area contributed by atoms with Crippen molar-refractivity contribution in [1.82, 2.24) is 0 Å². The summed E-state index contributed by atoms with van der Waals surface area (Å²) in [6, 6.07) is 7.86. The van der Waals surface area contributed by atoms with E-state index in [4.69, 9.17) is 5.11 Å². The van der Waals surface area contributed by atoms with Gasteiger partial charge < -0.3 is 10.2 Å². The van der Waals surface area contributed by atoms with Gasteiger partial charge in [0.15, 0.2) is 0 Å². The number of halogens is 3. The Morgan fingerprint density at radius 1 is 1.22 bits per heavy atom. The highest BCUT2D eigenvalue weighted by molar-refractivity contribution is 5.67. The number of aliphatic carboxylic acids is 1. The third kappa shape index (κ3) is 4.37. The molecule has 0 saturated heterocycles. The number of alkyl halides is 3. The minimum absolute atomic E-state index is 0.345. The van der Waals surface area contributed by atoms with Gasteiger partial charge in [-0.3, -0.25) is 4.79 Å². The Hall–Kier alpha value is -1.56. The smallest absolute Gasteiger partial charge is 0.392 e. The number of carboxylic acid groups (broad SMARTS) is 1. The van der Waals surface area contributed by atoms with Gasteiger partial charge in [0, 0.05) is 0 Å². The van der Waals surface area contributed by atoms with Gasteiger partial charge >= 0.3 is 12.1 Å². The molecule has 3 nitrogen and oxygen atoms in total. The van der Waals surface area contributed by atoms with Gasteiger partial charge in [-0.05, 0) is 12.0 Å². The minimum atomic E-state index is -4.63. The normalized spacial score (nSPS) is 15.1. The molecular weight excluding hydrogens is 249 g/mol. The zero-order valence-corrected chi connectivity index (χ0v) is 9.39. The van der Waals surface area contributed by atoms with Crippen LogP contribution >= 0.6 is 0 Å². The molecular formula is C12H13F3O3. The maximum absolute atomic E-state index is 12.6. The molecule has 1 aromatic carbocycles. The van der Waals surface area contributed by atoms with Crippen LogP contribution in [0.5, 0.6) is 0 Å². The molecule has 0 radical (unpaired) electrons. The summed E-state index contributed by atoms with van der Waals surface area (Å²) in [7, 11) is 0. The third-order valence-corrected chi connectivity index (χ3v) is 2.58. The van der Waals surface area contributed by atoms with Gasteiger partial charge in [0.1, 0.15) is 0 Å². The summed E-state index contributed by atoms with van der Waals surface area (Å²) in [5, 5.41) is 18.1. The molecule has 0 saturated carbocycles. The zero-order valence-electron chi connectivity index (χ0n) is 9.39. The molecule has 18 heavy (non-hydrogen) atoms. The molecule has 0 spiro atoms. The monoisotopic (exact) mass is 262 g/mol. The Labute approximate surface area is 102 Å². The number of hydrogen-bond donors (Lipinski definition) is 2. The predicted octanol–water partition coefficient (Wildman–Crippen LogP) is 2.76. The number of carboxylic acids is 1. The van der Waals surface area contributed by atoms with Crippen molar-refractivity contribution >= 4 is 5.97 Å². The van der Waals surface area contributed by atoms with E-state index in [0.29, 0.717) is 5.56 Å². The Morgan fingerprint density at radius 2 is 1.78 bits per heavy atom. The summed E-state index contributed by atoms with van der Waals surface area (Å²) >= 11 is 0. The van der Waals surface area contributed by atoms with Gasteiger partial charge in [0.05, 0.1) is 18.4 Å². The summed E-state index contributed by atoms with van der Waals surface area (Å²) in [5.74, 6) is -3.58. The molecule has 0 bridgehead atoms. The first-order valence-corrected chi connectivity index (χ1v) is 5.32. The summed E-state index contributed by atoms with van der Waals surface area (Å²) in [5.41, 5.74) is 0.345. The Morgan fingerprint density at radius 3 is 2.22 bits per heavy atom. The molecule has 1 rings (SSSR count). The lowest BCUT2D eigenvalue weighted by Crippen LogP contribution is -2.27. The van der Waals surface area contributed by atoms with Crippen molar-refractivity contribution in [3.05, 3.63) is 35.9 Å². The van der Waals surface area contributed by atoms with E-state index in [1.54, 1.807) is 18.2 Å². The third-order valence-electron chi connectivity index (χ3n) is 2.58. The van der Waals surface area contributed by atoms with Crippen molar-refractivity contribution in [1.29, 1.82) is 0 Å². The topological polar surface area (TPSA) is 57.5 Å². The first-order valence-electron chi connectivity index (χ1n) is 5.32. The Kier molecular flexibility index (Phi) is 4.72. The molecule has 0 amide bonds. The van der Waals surface area contributed by atoms with Crippen LogP contribution in [0, 0.1) is 5.92 Å². The van der Waals surface area contributed by atoms with E-state index in [1.165, 1.54) is 12.1 Å². The lowest BCUT2D eigenvalue weighted by atomic mass is 9.94. The molecule has 0 aromatic heterocycles. The second kappa shape index (κ2) is 5.86. The van der Waals surface area contributed by atoms with E-state index in [1.807, 2.05) is 0 Å². The highest BCUT2D eigenvalue weighted by atomic mass is 19.4. The number of hydrogen-bond acceptors (Lipinski definition) is 2. The van der Waals surface area contributed by atoms with Crippen molar-refractivity contribution < 1.29 is 28.2 Å². The molecule has 100 valence electrons. The average molecular weight is 262 g/mol. The summed E-state index contributed by atoms with van der Waals surface area (Å²) in [6.07, 6.45) is -7.64. The number of aliphatic hydroxyl groups is 1. The van der Waals surface area contributed by atoms with Gasteiger partial charge in [-0.1, -0.05) is 30.3 Å². The molecule has 6 heteroatoms. The molecule has 0 unspecified atom stereocenters. The Balaban J connectivity index is 2.75. The largest absolute Gasteiger partial charge is 0.481 e. The molecule has 0 fully saturated rings. The first-order chi connectivity index (χ1) is 8.30. The molecule has 0 aliphatic carbocycles. The van der Waals surface area contributed by atoms with Crippen LogP contribution in [0.25, 0.3) is 0 Å². The number of aliphatic hydroxyl groups excluding tert-OH is 1. The molecule has 2 N–H and O–H groups in total. The van der Waals surface area contributed by atoms with Crippen LogP contribution in [0.4, 0.5) is 13.2 Å². The fourth-order valence-electron chi connectivity index (χ4n) is 1.62. The molecule has 0 aliphatic rings. The number of carbonyl (C=O) groups is 1. The van der Waals surface area contributed by atoms with E-state index in [9.17, 15) is 23.1 Å². The lowest BCUT2D eigenvalue weighted by Gasteiger charge is -2.21. The maximum atomic E-state index is 12.6. The van der Waals surface area contributed by atoms with Crippen molar-refractivity contribution in [2.24, 2.45) is 5.92 Å². The lowest BCUT2D eigenvalue weighted by molar-refractivity contribution is -0.189. The van der Waals surface area contributed by atoms with E-state index in [2.05, 4.69) is 0 Å². The fourth-order valence-corrected chi connectivity index (χ4v) is 1.62. The van der Waals surface area contributed by atoms with Crippen molar-refractivity contribution in [2.45, 2.75) is 25.1 Å². The van der Waals surface area contributed by atoms with Gasteiger partial charge in [0.2, 0.25) is 0 Å². The summed E-state index contributed by atoms with van der Waals surface area (Å²) in [6.45, 7) is 0. The highest BCUT2D eigenvalue weighted by Crippen LogP contribution is 2.35. The quantitative estimate of drug-likeness (QED) is 0.857. The van der Waals surface area contributed by atoms with Crippen molar-refractivity contribution in [3.63, 3.8) is 0 Å². The SMILES string of the molecule is O=C(O)C[C@@H](C[C@@H](O)c1ccccc1)C(F)(F)F. The van der Waals surface area contributed by atoms with Crippen molar-refractivity contribution in [3.8, 4) is 0 Å². The molecule has 0 aliphatic heterocycles. The zero-order chi connectivity index (χ0) is 13.8. The standard InChI is InChI=1S/C12H13F3O3/c13-12(14,15)9(7-11(17)18)6-10(16)8-4-2-1-3-5-8/h1-5,9-10,16H,6-7H2,(H,17,18)/t9-,10-/m1/s1. The van der Waals surface area contributed by atoms with E-state index < -0.39 is 37.0 Å². The predicted molar refractivity (Wildman–Crippen MR) is 57.8 cm³/mol. The molecule has 2 atom stereocenters. The van der Waals surface area contributed by atoms with Crippen LogP contribution in [0.1, 0.15) is 24.5 Å². The minimum Gasteiger partial charge on any atom is -0.481 e. The highest BCUT2D eigenvalue weighted by Gasteiger charge is 2.41. The van der Waals surface area contributed by atoms with Crippen LogP contribution in [-0.4, -0.2) is 22.4 Å². The van der Waals surface area contributed by atoms with Crippen LogP contribution in [0.15, 0.2) is 30.3 Å². The Bertz CT molecular complexity index is 389. The van der Waals surface area contributed by atoms with Crippen LogP contribution in [0.2, 0.25) is 0 Å². The second-order valence-corrected chi connectivity index (χ2v) is 4.00. The van der Waals surface area contributed by atoms with E-state index in [-0.39, 0.29) is 0 Å². The summed E-state index contributed by atoms with van der Waals surface area (Å²) < 4.78 is 37.7. The van der Waals surface area contributed by atoms with Crippen LogP contribution in [0.3, 0.4) is 0 Å². The molecule has 0 heterocycles. The van der Waals surface area contributed by atoms with E-state index >= 15 is 0 Å². The van der Waals surface area contributed by atoms with Gasteiger partial charge in [0.25, 0.3) is 0 Å². The molecule has 1 aromatic rings. The van der Waals surface area contributed by atoms with Crippen molar-refractivity contribution in [2.75, 3.05) is 0 Å². The van der Waals surface area contributed by atoms with Gasteiger partial charge in [-0.2, -0.15) is 13.2 Å². The second-order valence-electron chi connectivity index (χ2n) is 4.00. The number of rotatable bonds is 5. The van der Waals surface area contributed by atoms with Gasteiger partial charge in [-0.15, -0.1) is 0 Å². The van der Waals surface area contributed by atoms with Gasteiger partial charge in [-0.25, -0.2) is 0 Å². The summed E-state index contributed by atoms with van der Waals surface area (Å²) in [4.78, 5) is 10.4. The number of benzene rings is 1. The van der Waals surface area contributed by atoms with Crippen LogP contribution < -0.4 is 0 Å². The van der Waals surface area contributed by atoms with Crippen LogP contribution in [-0.2, 0) is 4.79 Å². The average Bonchev–Trinajstić information content (AvgIpc) is 2.27. The maximum Gasteiger partial charge on any atom is 0.392 e. The van der Waals surface area contributed by atoms with E-state index in [0.717, 1.165) is 0 Å². The fraction of sp³-hybridized carbons (Fsp3) is 0.417.